The fraction of sp³-hybridized carbons (Fsp3) is 0.238. The minimum Gasteiger partial charge on any atom is -0.496 e. The quantitative estimate of drug-likeness (QED) is 0.413. The van der Waals surface area contributed by atoms with E-state index in [2.05, 4.69) is 11.5 Å². The summed E-state index contributed by atoms with van der Waals surface area (Å²) in [4.78, 5) is 2.07. The van der Waals surface area contributed by atoms with Gasteiger partial charge in [0.05, 0.1) is 19.3 Å². The Labute approximate surface area is 169 Å². The monoisotopic (exact) mass is 398 g/mol. The van der Waals surface area contributed by atoms with E-state index >= 15 is 0 Å². The molecule has 7 heteroatoms. The van der Waals surface area contributed by atoms with E-state index in [1.165, 1.54) is 12.1 Å². The lowest BCUT2D eigenvalue weighted by Gasteiger charge is -2.16. The molecule has 0 amide bonds. The van der Waals surface area contributed by atoms with Gasteiger partial charge in [0.1, 0.15) is 11.6 Å². The molecule has 3 rings (SSSR count). The van der Waals surface area contributed by atoms with E-state index in [-0.39, 0.29) is 5.82 Å². The van der Waals surface area contributed by atoms with Gasteiger partial charge in [0, 0.05) is 13.1 Å². The molecular formula is C21H23FN4OS. The highest BCUT2D eigenvalue weighted by atomic mass is 32.1. The minimum absolute atomic E-state index is 0.238. The van der Waals surface area contributed by atoms with E-state index in [1.54, 1.807) is 30.0 Å². The Morgan fingerprint density at radius 1 is 1.21 bits per heavy atom. The van der Waals surface area contributed by atoms with Crippen LogP contribution in [0, 0.1) is 10.6 Å². The maximum atomic E-state index is 13.1. The molecule has 0 radical (unpaired) electrons. The Kier molecular flexibility index (Phi) is 6.38. The molecule has 0 aliphatic carbocycles. The first kappa shape index (κ1) is 20.0. The summed E-state index contributed by atoms with van der Waals surface area (Å²) in [6.45, 7) is 5.54. The van der Waals surface area contributed by atoms with Crippen LogP contribution in [0.1, 0.15) is 5.56 Å². The SMILES string of the molecule is C=CCn1c(-c2ccccc2OC)nn(CN(C)Cc2ccc(F)cc2)c1=S. The average molecular weight is 399 g/mol. The summed E-state index contributed by atoms with van der Waals surface area (Å²) in [7, 11) is 3.61. The number of allylic oxidation sites excluding steroid dienone is 1. The zero-order valence-corrected chi connectivity index (χ0v) is 16.8. The Morgan fingerprint density at radius 2 is 1.93 bits per heavy atom. The van der Waals surface area contributed by atoms with Crippen molar-refractivity contribution in [3.05, 3.63) is 77.3 Å². The highest BCUT2D eigenvalue weighted by molar-refractivity contribution is 7.71. The molecule has 2 aromatic carbocycles. The fourth-order valence-corrected chi connectivity index (χ4v) is 3.30. The fourth-order valence-electron chi connectivity index (χ4n) is 3.04. The number of hydrogen-bond acceptors (Lipinski definition) is 4. The number of nitrogens with zero attached hydrogens (tertiary/aromatic N) is 4. The average Bonchev–Trinajstić information content (AvgIpc) is 2.99. The van der Waals surface area contributed by atoms with Crippen LogP contribution in [0.2, 0.25) is 0 Å². The molecule has 0 saturated carbocycles. The molecule has 0 unspecified atom stereocenters. The van der Waals surface area contributed by atoms with Gasteiger partial charge in [-0.15, -0.1) is 6.58 Å². The number of rotatable bonds is 8. The number of hydrogen-bond donors (Lipinski definition) is 0. The van der Waals surface area contributed by atoms with Gasteiger partial charge in [-0.1, -0.05) is 30.3 Å². The lowest BCUT2D eigenvalue weighted by molar-refractivity contribution is 0.244. The number of para-hydroxylation sites is 1. The van der Waals surface area contributed by atoms with E-state index < -0.39 is 0 Å². The normalized spacial score (nSPS) is 11.0. The summed E-state index contributed by atoms with van der Waals surface area (Å²) in [6.07, 6.45) is 1.79. The topological polar surface area (TPSA) is 35.2 Å². The van der Waals surface area contributed by atoms with Crippen LogP contribution in [-0.4, -0.2) is 33.4 Å². The van der Waals surface area contributed by atoms with Crippen molar-refractivity contribution in [3.63, 3.8) is 0 Å². The molecule has 0 spiro atoms. The summed E-state index contributed by atoms with van der Waals surface area (Å²) >= 11 is 5.66. The van der Waals surface area contributed by atoms with Gasteiger partial charge in [0.2, 0.25) is 0 Å². The van der Waals surface area contributed by atoms with E-state index in [1.807, 2.05) is 35.9 Å². The summed E-state index contributed by atoms with van der Waals surface area (Å²) in [5, 5.41) is 4.75. The Hall–Kier alpha value is -2.77. The third-order valence-corrected chi connectivity index (χ3v) is 4.75. The maximum absolute atomic E-state index is 13.1. The first-order chi connectivity index (χ1) is 13.5. The van der Waals surface area contributed by atoms with Crippen molar-refractivity contribution in [2.24, 2.45) is 0 Å². The Balaban J connectivity index is 1.90. The Morgan fingerprint density at radius 3 is 2.61 bits per heavy atom. The smallest absolute Gasteiger partial charge is 0.199 e. The Bertz CT molecular complexity index is 1010. The number of benzene rings is 2. The lowest BCUT2D eigenvalue weighted by atomic mass is 10.2. The standard InChI is InChI=1S/C21H23FN4OS/c1-4-13-25-20(18-7-5-6-8-19(18)27-3)23-26(21(25)28)15-24(2)14-16-9-11-17(22)12-10-16/h4-12H,1,13-15H2,2-3H3. The highest BCUT2D eigenvalue weighted by Crippen LogP contribution is 2.28. The van der Waals surface area contributed by atoms with Gasteiger partial charge >= 0.3 is 0 Å². The van der Waals surface area contributed by atoms with Crippen molar-refractivity contribution in [3.8, 4) is 17.1 Å². The van der Waals surface area contributed by atoms with E-state index in [0.717, 1.165) is 22.7 Å². The zero-order valence-electron chi connectivity index (χ0n) is 16.0. The second kappa shape index (κ2) is 8.95. The van der Waals surface area contributed by atoms with E-state index in [0.29, 0.717) is 24.5 Å². The van der Waals surface area contributed by atoms with Gasteiger partial charge in [-0.2, -0.15) is 5.10 Å². The molecular weight excluding hydrogens is 375 g/mol. The first-order valence-electron chi connectivity index (χ1n) is 8.88. The second-order valence-electron chi connectivity index (χ2n) is 6.49. The van der Waals surface area contributed by atoms with E-state index in [9.17, 15) is 4.39 Å². The molecule has 146 valence electrons. The molecule has 28 heavy (non-hydrogen) atoms. The van der Waals surface area contributed by atoms with Crippen LogP contribution in [0.15, 0.2) is 61.2 Å². The van der Waals surface area contributed by atoms with Gasteiger partial charge in [0.15, 0.2) is 10.6 Å². The number of aromatic nitrogens is 3. The summed E-state index contributed by atoms with van der Waals surface area (Å²) in [5.74, 6) is 1.23. The van der Waals surface area contributed by atoms with Crippen molar-refractivity contribution in [2.75, 3.05) is 14.2 Å². The molecule has 0 aliphatic heterocycles. The van der Waals surface area contributed by atoms with Crippen LogP contribution >= 0.6 is 12.2 Å². The van der Waals surface area contributed by atoms with Crippen LogP contribution in [0.3, 0.4) is 0 Å². The summed E-state index contributed by atoms with van der Waals surface area (Å²) in [6, 6.07) is 14.2. The van der Waals surface area contributed by atoms with Crippen LogP contribution < -0.4 is 4.74 Å². The highest BCUT2D eigenvalue weighted by Gasteiger charge is 2.16. The molecule has 0 fully saturated rings. The van der Waals surface area contributed by atoms with E-state index in [4.69, 9.17) is 22.1 Å². The first-order valence-corrected chi connectivity index (χ1v) is 9.29. The molecule has 0 N–H and O–H groups in total. The molecule has 5 nitrogen and oxygen atoms in total. The third kappa shape index (κ3) is 4.37. The molecule has 0 saturated heterocycles. The van der Waals surface area contributed by atoms with Crippen LogP contribution in [-0.2, 0) is 19.8 Å². The second-order valence-corrected chi connectivity index (χ2v) is 6.85. The van der Waals surface area contributed by atoms with Crippen molar-refractivity contribution < 1.29 is 9.13 Å². The van der Waals surface area contributed by atoms with Crippen molar-refractivity contribution in [1.29, 1.82) is 0 Å². The van der Waals surface area contributed by atoms with Gasteiger partial charge in [0.25, 0.3) is 0 Å². The molecule has 1 aromatic heterocycles. The van der Waals surface area contributed by atoms with Crippen LogP contribution in [0.4, 0.5) is 4.39 Å². The summed E-state index contributed by atoms with van der Waals surface area (Å²) in [5.41, 5.74) is 1.89. The lowest BCUT2D eigenvalue weighted by Crippen LogP contribution is -2.22. The van der Waals surface area contributed by atoms with Crippen LogP contribution in [0.5, 0.6) is 5.75 Å². The van der Waals surface area contributed by atoms with Gasteiger partial charge in [-0.3, -0.25) is 9.47 Å². The molecule has 3 aromatic rings. The predicted octanol–water partition coefficient (Wildman–Crippen LogP) is 4.50. The molecule has 0 atom stereocenters. The number of ether oxygens (including phenoxy) is 1. The maximum Gasteiger partial charge on any atom is 0.199 e. The van der Waals surface area contributed by atoms with Crippen molar-refractivity contribution in [2.45, 2.75) is 19.8 Å². The summed E-state index contributed by atoms with van der Waals surface area (Å²) < 4.78 is 22.9. The van der Waals surface area contributed by atoms with Gasteiger partial charge in [-0.05, 0) is 49.1 Å². The third-order valence-electron chi connectivity index (χ3n) is 4.32. The van der Waals surface area contributed by atoms with Gasteiger partial charge in [-0.25, -0.2) is 9.07 Å². The van der Waals surface area contributed by atoms with Crippen molar-refractivity contribution >= 4 is 12.2 Å². The van der Waals surface area contributed by atoms with Gasteiger partial charge < -0.3 is 4.74 Å². The predicted molar refractivity (Wildman–Crippen MR) is 111 cm³/mol. The molecule has 1 heterocycles. The minimum atomic E-state index is -0.238. The number of methoxy groups -OCH3 is 1. The molecule has 0 aliphatic rings. The zero-order chi connectivity index (χ0) is 20.1. The van der Waals surface area contributed by atoms with Crippen molar-refractivity contribution in [1.82, 2.24) is 19.2 Å². The largest absolute Gasteiger partial charge is 0.496 e. The van der Waals surface area contributed by atoms with Crippen LogP contribution in [0.25, 0.3) is 11.4 Å². The molecule has 0 bridgehead atoms. The number of halogens is 1.